The Bertz CT molecular complexity index is 358. The molecular weight excluding hydrogens is 440 g/mol. The molecule has 0 aliphatic rings. The molecule has 0 atom stereocenters. The number of nitrogens with zero attached hydrogens (tertiary/aromatic N) is 4. The van der Waals surface area contributed by atoms with Gasteiger partial charge in [0.05, 0.1) is 0 Å². The van der Waals surface area contributed by atoms with Crippen LogP contribution in [0.15, 0.2) is 6.99 Å². The minimum atomic E-state index is -0.473. The summed E-state index contributed by atoms with van der Waals surface area (Å²) in [5.41, 5.74) is 0.216. The van der Waals surface area contributed by atoms with E-state index in [4.69, 9.17) is 0 Å². The van der Waals surface area contributed by atoms with Crippen LogP contribution in [0.2, 0.25) is 0 Å². The molecule has 0 radical (unpaired) electrons. The molecule has 0 heterocycles. The number of hydrogen-bond donors (Lipinski definition) is 0. The third kappa shape index (κ3) is 47.4. The summed E-state index contributed by atoms with van der Waals surface area (Å²) in [6.07, 6.45) is 0. The minimum absolute atomic E-state index is 0.108. The van der Waals surface area contributed by atoms with Gasteiger partial charge >= 0.3 is 77.8 Å². The van der Waals surface area contributed by atoms with Gasteiger partial charge in [0.15, 0.2) is 0 Å². The maximum Gasteiger partial charge on any atom is -0.0644 e. The van der Waals surface area contributed by atoms with Gasteiger partial charge in [-0.1, -0.05) is 79.1 Å². The second-order valence-electron chi connectivity index (χ2n) is 11.4. The fourth-order valence-electron chi connectivity index (χ4n) is 1.45. The quantitative estimate of drug-likeness (QED) is 0.304. The van der Waals surface area contributed by atoms with E-state index in [1.54, 1.807) is 0 Å². The van der Waals surface area contributed by atoms with Crippen molar-refractivity contribution >= 4 is 0 Å². The van der Waals surface area contributed by atoms with Crippen LogP contribution >= 0.6 is 0 Å². The summed E-state index contributed by atoms with van der Waals surface area (Å²) in [5, 5.41) is 8.74. The molecule has 0 aromatic heterocycles. The van der Waals surface area contributed by atoms with Gasteiger partial charge < -0.3 is 10.6 Å². The fraction of sp³-hybridized carbons (Fsp3) is 1.00. The molecule has 5 heteroatoms. The SMILES string of the molecule is CC(C)(C)[N]=[Mo+2]=[N]C(C)(C)C.CC(C)C[N-]CC(C)C.CC(C)C[N-]CC(C)C. The Hall–Kier alpha value is 0.208. The zero-order chi connectivity index (χ0) is 23.7. The van der Waals surface area contributed by atoms with E-state index in [-0.39, 0.29) is 11.1 Å². The molecular formula is C24H54MoN4. The fourth-order valence-corrected chi connectivity index (χ4v) is 2.75. The second-order valence-corrected chi connectivity index (χ2v) is 12.7. The average molecular weight is 495 g/mol. The van der Waals surface area contributed by atoms with Gasteiger partial charge in [0, 0.05) is 0 Å². The molecule has 0 fully saturated rings. The van der Waals surface area contributed by atoms with E-state index < -0.39 is 18.2 Å². The van der Waals surface area contributed by atoms with Gasteiger partial charge in [0.1, 0.15) is 0 Å². The molecule has 0 spiro atoms. The van der Waals surface area contributed by atoms with Crippen molar-refractivity contribution in [2.75, 3.05) is 26.2 Å². The van der Waals surface area contributed by atoms with Crippen LogP contribution in [0.4, 0.5) is 0 Å². The first kappa shape index (κ1) is 33.8. The van der Waals surface area contributed by atoms with Crippen LogP contribution in [0.1, 0.15) is 96.9 Å². The van der Waals surface area contributed by atoms with E-state index in [1.165, 1.54) is 0 Å². The van der Waals surface area contributed by atoms with Crippen LogP contribution < -0.4 is 0 Å². The van der Waals surface area contributed by atoms with Gasteiger partial charge in [-0.25, -0.2) is 0 Å². The van der Waals surface area contributed by atoms with Gasteiger partial charge in [-0.2, -0.15) is 0 Å². The van der Waals surface area contributed by atoms with Gasteiger partial charge in [-0.15, -0.1) is 26.2 Å². The summed E-state index contributed by atoms with van der Waals surface area (Å²) in [6, 6.07) is 0. The van der Waals surface area contributed by atoms with Crippen molar-refractivity contribution in [2.24, 2.45) is 30.7 Å². The molecule has 0 rings (SSSR count). The van der Waals surface area contributed by atoms with E-state index in [9.17, 15) is 0 Å². The molecule has 4 nitrogen and oxygen atoms in total. The molecule has 0 aliphatic heterocycles. The molecule has 0 aromatic rings. The molecule has 176 valence electrons. The largest absolute Gasteiger partial charge is 0.662 e. The smallest absolute Gasteiger partial charge is 0.0644 e. The molecule has 0 bridgehead atoms. The number of rotatable bonds is 8. The predicted octanol–water partition coefficient (Wildman–Crippen LogP) is 8.38. The van der Waals surface area contributed by atoms with Crippen molar-refractivity contribution < 1.29 is 18.2 Å². The predicted molar refractivity (Wildman–Crippen MR) is 130 cm³/mol. The summed E-state index contributed by atoms with van der Waals surface area (Å²) in [4.78, 5) is 0. The monoisotopic (exact) mass is 496 g/mol. The Labute approximate surface area is 193 Å². The minimum Gasteiger partial charge on any atom is -0.662 e. The van der Waals surface area contributed by atoms with Crippen molar-refractivity contribution in [1.29, 1.82) is 0 Å². The first-order valence-corrected chi connectivity index (χ1v) is 13.1. The third-order valence-corrected chi connectivity index (χ3v) is 5.70. The van der Waals surface area contributed by atoms with Crippen LogP contribution in [0.5, 0.6) is 0 Å². The van der Waals surface area contributed by atoms with Crippen LogP contribution in [0.3, 0.4) is 0 Å². The Morgan fingerprint density at radius 2 is 0.724 bits per heavy atom. The molecule has 0 unspecified atom stereocenters. The van der Waals surface area contributed by atoms with Crippen molar-refractivity contribution in [2.45, 2.75) is 108 Å². The summed E-state index contributed by atoms with van der Waals surface area (Å²) >= 11 is -0.473. The van der Waals surface area contributed by atoms with Gasteiger partial charge in [0.25, 0.3) is 0 Å². The van der Waals surface area contributed by atoms with Gasteiger partial charge in [0.2, 0.25) is 0 Å². The maximum atomic E-state index is 4.51. The normalized spacial score (nSPS) is 11.7. The first-order chi connectivity index (χ1) is 13.0. The Morgan fingerprint density at radius 1 is 0.517 bits per heavy atom. The second kappa shape index (κ2) is 18.9. The molecule has 0 N–H and O–H groups in total. The van der Waals surface area contributed by atoms with Crippen LogP contribution in [-0.4, -0.2) is 37.3 Å². The summed E-state index contributed by atoms with van der Waals surface area (Å²) in [7, 11) is 0. The summed E-state index contributed by atoms with van der Waals surface area (Å²) < 4.78 is 9.01. The Balaban J connectivity index is -0.000000352. The van der Waals surface area contributed by atoms with E-state index in [1.807, 2.05) is 0 Å². The van der Waals surface area contributed by atoms with E-state index in [2.05, 4.69) is 115 Å². The van der Waals surface area contributed by atoms with E-state index in [0.29, 0.717) is 0 Å². The van der Waals surface area contributed by atoms with Crippen molar-refractivity contribution in [3.63, 3.8) is 0 Å². The summed E-state index contributed by atoms with van der Waals surface area (Å²) in [5.74, 6) is 2.90. The zero-order valence-corrected chi connectivity index (χ0v) is 24.3. The Morgan fingerprint density at radius 3 is 0.862 bits per heavy atom. The van der Waals surface area contributed by atoms with Crippen LogP contribution in [-0.2, 0) is 18.2 Å². The van der Waals surface area contributed by atoms with Gasteiger partial charge in [-0.3, -0.25) is 0 Å². The van der Waals surface area contributed by atoms with Crippen molar-refractivity contribution in [1.82, 2.24) is 0 Å². The maximum absolute atomic E-state index is 4.51. The van der Waals surface area contributed by atoms with E-state index >= 15 is 0 Å². The first-order valence-electron chi connectivity index (χ1n) is 11.3. The zero-order valence-electron chi connectivity index (χ0n) is 22.3. The standard InChI is InChI=1S/2C8H18N.2C4H9N.Mo/c2*1-7(2)5-9-6-8(3)4;2*1-4(2,3)5;/h2*7-8H,5-6H2,1-4H3;2*1-3H3;/q2*-1;;;+2. The average Bonchev–Trinajstić information content (AvgIpc) is 2.43. The van der Waals surface area contributed by atoms with Gasteiger partial charge in [-0.05, 0) is 0 Å². The van der Waals surface area contributed by atoms with Crippen LogP contribution in [0.25, 0.3) is 10.6 Å². The summed E-state index contributed by atoms with van der Waals surface area (Å²) in [6.45, 7) is 34.4. The van der Waals surface area contributed by atoms with Crippen molar-refractivity contribution in [3.8, 4) is 0 Å². The van der Waals surface area contributed by atoms with Crippen LogP contribution in [0, 0.1) is 23.7 Å². The molecule has 0 saturated carbocycles. The van der Waals surface area contributed by atoms with E-state index in [0.717, 1.165) is 49.9 Å². The molecule has 0 aliphatic carbocycles. The Kier molecular flexibility index (Phi) is 22.1. The molecule has 29 heavy (non-hydrogen) atoms. The third-order valence-electron chi connectivity index (χ3n) is 2.61. The molecule has 0 saturated heterocycles. The van der Waals surface area contributed by atoms with Crippen molar-refractivity contribution in [3.05, 3.63) is 10.6 Å². The molecule has 0 amide bonds. The topological polar surface area (TPSA) is 52.9 Å². The molecule has 0 aromatic carbocycles. The number of hydrogen-bond acceptors (Lipinski definition) is 2.